The number of benzene rings is 1. The van der Waals surface area contributed by atoms with Crippen LogP contribution in [-0.4, -0.2) is 58.7 Å². The van der Waals surface area contributed by atoms with Crippen LogP contribution >= 0.6 is 0 Å². The van der Waals surface area contributed by atoms with E-state index in [0.29, 0.717) is 19.7 Å². The minimum Gasteiger partial charge on any atom is -0.368 e. The molecule has 2 N–H and O–H groups in total. The van der Waals surface area contributed by atoms with Gasteiger partial charge < -0.3 is 20.1 Å². The lowest BCUT2D eigenvalue weighted by Gasteiger charge is -2.44. The molecule has 160 valence electrons. The van der Waals surface area contributed by atoms with Crippen molar-refractivity contribution in [3.05, 3.63) is 59.9 Å². The van der Waals surface area contributed by atoms with Crippen LogP contribution in [0.5, 0.6) is 0 Å². The van der Waals surface area contributed by atoms with Crippen molar-refractivity contribution in [3.8, 4) is 11.4 Å². The zero-order valence-corrected chi connectivity index (χ0v) is 17.3. The van der Waals surface area contributed by atoms with Crippen LogP contribution in [-0.2, 0) is 26.3 Å². The second-order valence-corrected chi connectivity index (χ2v) is 8.90. The molecule has 4 aliphatic heterocycles. The third-order valence-corrected chi connectivity index (χ3v) is 7.20. The summed E-state index contributed by atoms with van der Waals surface area (Å²) in [5.74, 6) is 0.540. The van der Waals surface area contributed by atoms with Crippen molar-refractivity contribution >= 4 is 5.91 Å². The highest BCUT2D eigenvalue weighted by Gasteiger charge is 2.50. The first-order valence-electron chi connectivity index (χ1n) is 11.1. The summed E-state index contributed by atoms with van der Waals surface area (Å²) in [6.07, 6.45) is 7.86. The molecule has 2 bridgehead atoms. The van der Waals surface area contributed by atoms with E-state index < -0.39 is 5.60 Å². The Labute approximate surface area is 181 Å². The Morgan fingerprint density at radius 1 is 1.13 bits per heavy atom. The summed E-state index contributed by atoms with van der Waals surface area (Å²) in [6, 6.07) is 9.76. The van der Waals surface area contributed by atoms with E-state index in [0.717, 1.165) is 41.9 Å². The SMILES string of the molecule is N[C@@H]1[C@H](C(=O)N2CCC3(CC2)OCCc2cnc(-c4ccccc4)nc23)[C@H]2C=C[C@@H]1O2. The predicted molar refractivity (Wildman–Crippen MR) is 114 cm³/mol. The van der Waals surface area contributed by atoms with Crippen LogP contribution in [0.15, 0.2) is 48.7 Å². The molecule has 1 aromatic carbocycles. The number of hydrogen-bond acceptors (Lipinski definition) is 6. The Kier molecular flexibility index (Phi) is 4.45. The van der Waals surface area contributed by atoms with Crippen LogP contribution in [0.2, 0.25) is 0 Å². The summed E-state index contributed by atoms with van der Waals surface area (Å²) in [6.45, 7) is 1.92. The first kappa shape index (κ1) is 19.1. The number of rotatable bonds is 2. The lowest BCUT2D eigenvalue weighted by molar-refractivity contribution is -0.146. The monoisotopic (exact) mass is 418 g/mol. The number of carbonyl (C=O) groups excluding carboxylic acids is 1. The molecule has 1 spiro atoms. The van der Waals surface area contributed by atoms with Crippen molar-refractivity contribution in [2.24, 2.45) is 11.7 Å². The summed E-state index contributed by atoms with van der Waals surface area (Å²) in [4.78, 5) is 24.7. The van der Waals surface area contributed by atoms with Gasteiger partial charge in [-0.2, -0.15) is 0 Å². The number of aromatic nitrogens is 2. The fraction of sp³-hybridized carbons (Fsp3) is 0.458. The van der Waals surface area contributed by atoms with Gasteiger partial charge in [0.2, 0.25) is 5.91 Å². The maximum atomic E-state index is 13.2. The molecule has 0 radical (unpaired) electrons. The number of piperidine rings is 1. The molecule has 2 aromatic rings. The summed E-state index contributed by atoms with van der Waals surface area (Å²) < 4.78 is 12.2. The molecule has 6 rings (SSSR count). The van der Waals surface area contributed by atoms with Gasteiger partial charge in [0.25, 0.3) is 0 Å². The van der Waals surface area contributed by atoms with Crippen LogP contribution in [0.3, 0.4) is 0 Å². The van der Waals surface area contributed by atoms with Gasteiger partial charge in [0.15, 0.2) is 5.82 Å². The molecule has 0 saturated carbocycles. The van der Waals surface area contributed by atoms with Crippen molar-refractivity contribution in [3.63, 3.8) is 0 Å². The van der Waals surface area contributed by atoms with E-state index in [1.165, 1.54) is 0 Å². The van der Waals surface area contributed by atoms with Gasteiger partial charge in [0, 0.05) is 30.9 Å². The lowest BCUT2D eigenvalue weighted by Crippen LogP contribution is -2.53. The van der Waals surface area contributed by atoms with Gasteiger partial charge in [0.05, 0.1) is 30.4 Å². The molecule has 0 aliphatic carbocycles. The smallest absolute Gasteiger partial charge is 0.230 e. The van der Waals surface area contributed by atoms with Gasteiger partial charge in [-0.25, -0.2) is 9.97 Å². The standard InChI is InChI=1S/C24H26N4O3/c25-20-18-7-6-17(31-18)19(20)23(29)28-11-9-24(10-12-28)21-16(8-13-30-24)14-26-22(27-21)15-4-2-1-3-5-15/h1-7,14,17-20H,8-13,25H2/t17-,18+,19-,20+/m1/s1. The molecule has 7 heteroatoms. The highest BCUT2D eigenvalue weighted by molar-refractivity contribution is 5.81. The maximum Gasteiger partial charge on any atom is 0.230 e. The van der Waals surface area contributed by atoms with E-state index in [1.807, 2.05) is 53.6 Å². The van der Waals surface area contributed by atoms with Gasteiger partial charge in [-0.1, -0.05) is 42.5 Å². The normalized spacial score (nSPS) is 30.5. The molecule has 1 aromatic heterocycles. The van der Waals surface area contributed by atoms with Crippen molar-refractivity contribution in [2.75, 3.05) is 19.7 Å². The zero-order valence-electron chi connectivity index (χ0n) is 17.3. The third kappa shape index (κ3) is 3.03. The first-order chi connectivity index (χ1) is 15.1. The number of likely N-dealkylation sites (tertiary alicyclic amines) is 1. The number of nitrogens with two attached hydrogens (primary N) is 1. The second-order valence-electron chi connectivity index (χ2n) is 8.90. The number of fused-ring (bicyclic) bond motifs is 4. The summed E-state index contributed by atoms with van der Waals surface area (Å²) in [5, 5.41) is 0. The van der Waals surface area contributed by atoms with Crippen LogP contribution in [0.4, 0.5) is 0 Å². The zero-order chi connectivity index (χ0) is 21.0. The Morgan fingerprint density at radius 3 is 2.65 bits per heavy atom. The van der Waals surface area contributed by atoms with E-state index in [-0.39, 0.29) is 30.1 Å². The Hall–Kier alpha value is -2.61. The molecule has 4 atom stereocenters. The van der Waals surface area contributed by atoms with Gasteiger partial charge in [0.1, 0.15) is 5.60 Å². The fourth-order valence-corrected chi connectivity index (χ4v) is 5.46. The van der Waals surface area contributed by atoms with Crippen molar-refractivity contribution in [1.29, 1.82) is 0 Å². The Balaban J connectivity index is 1.24. The number of amides is 1. The van der Waals surface area contributed by atoms with Crippen molar-refractivity contribution in [2.45, 2.75) is 43.1 Å². The van der Waals surface area contributed by atoms with Gasteiger partial charge >= 0.3 is 0 Å². The molecular weight excluding hydrogens is 392 g/mol. The van der Waals surface area contributed by atoms with Crippen LogP contribution < -0.4 is 5.73 Å². The minimum absolute atomic E-state index is 0.0999. The van der Waals surface area contributed by atoms with Crippen molar-refractivity contribution < 1.29 is 14.3 Å². The number of ether oxygens (including phenoxy) is 2. The van der Waals surface area contributed by atoms with Crippen molar-refractivity contribution in [1.82, 2.24) is 14.9 Å². The second kappa shape index (κ2) is 7.22. The highest BCUT2D eigenvalue weighted by atomic mass is 16.5. The fourth-order valence-electron chi connectivity index (χ4n) is 5.46. The topological polar surface area (TPSA) is 90.6 Å². The molecule has 5 heterocycles. The average molecular weight is 418 g/mol. The molecule has 2 saturated heterocycles. The Bertz CT molecular complexity index is 1030. The number of carbonyl (C=O) groups is 1. The predicted octanol–water partition coefficient (Wildman–Crippen LogP) is 1.81. The average Bonchev–Trinajstić information content (AvgIpc) is 3.41. The maximum absolute atomic E-state index is 13.2. The van der Waals surface area contributed by atoms with E-state index in [2.05, 4.69) is 4.98 Å². The van der Waals surface area contributed by atoms with Gasteiger partial charge in [-0.05, 0) is 24.8 Å². The van der Waals surface area contributed by atoms with Crippen LogP contribution in [0.25, 0.3) is 11.4 Å². The van der Waals surface area contributed by atoms with Crippen LogP contribution in [0.1, 0.15) is 24.1 Å². The molecule has 4 aliphatic rings. The largest absolute Gasteiger partial charge is 0.368 e. The van der Waals surface area contributed by atoms with Gasteiger partial charge in [-0.15, -0.1) is 0 Å². The highest BCUT2D eigenvalue weighted by Crippen LogP contribution is 2.42. The molecule has 31 heavy (non-hydrogen) atoms. The third-order valence-electron chi connectivity index (χ3n) is 7.20. The van der Waals surface area contributed by atoms with E-state index in [9.17, 15) is 4.79 Å². The molecular formula is C24H26N4O3. The summed E-state index contributed by atoms with van der Waals surface area (Å²) in [7, 11) is 0. The number of hydrogen-bond donors (Lipinski definition) is 1. The number of nitrogens with zero attached hydrogens (tertiary/aromatic N) is 3. The molecule has 2 fully saturated rings. The minimum atomic E-state index is -0.454. The van der Waals surface area contributed by atoms with E-state index >= 15 is 0 Å². The van der Waals surface area contributed by atoms with Crippen LogP contribution in [0, 0.1) is 5.92 Å². The van der Waals surface area contributed by atoms with E-state index in [4.69, 9.17) is 20.2 Å². The molecule has 7 nitrogen and oxygen atoms in total. The summed E-state index contributed by atoms with van der Waals surface area (Å²) >= 11 is 0. The van der Waals surface area contributed by atoms with E-state index in [1.54, 1.807) is 0 Å². The summed E-state index contributed by atoms with van der Waals surface area (Å²) in [5.41, 5.74) is 8.96. The first-order valence-corrected chi connectivity index (χ1v) is 11.1. The molecule has 1 amide bonds. The lowest BCUT2D eigenvalue weighted by atomic mass is 9.82. The Morgan fingerprint density at radius 2 is 1.90 bits per heavy atom. The molecule has 0 unspecified atom stereocenters. The van der Waals surface area contributed by atoms with Gasteiger partial charge in [-0.3, -0.25) is 4.79 Å². The quantitative estimate of drug-likeness (QED) is 0.748.